The maximum absolute atomic E-state index is 5.28. The van der Waals surface area contributed by atoms with Gasteiger partial charge in [-0.05, 0) is 34.4 Å². The Balaban J connectivity index is 1.58. The number of rotatable bonds is 4. The molecule has 1 saturated heterocycles. The van der Waals surface area contributed by atoms with Crippen LogP contribution in [-0.4, -0.2) is 29.9 Å². The van der Waals surface area contributed by atoms with Crippen LogP contribution < -0.4 is 0 Å². The van der Waals surface area contributed by atoms with Crippen LogP contribution in [0.1, 0.15) is 41.7 Å². The minimum Gasteiger partial charge on any atom is -0.336 e. The third-order valence-electron chi connectivity index (χ3n) is 6.63. The third-order valence-corrected chi connectivity index (χ3v) is 6.63. The van der Waals surface area contributed by atoms with Crippen LogP contribution >= 0.6 is 0 Å². The highest BCUT2D eigenvalue weighted by Gasteiger charge is 2.42. The van der Waals surface area contributed by atoms with Crippen molar-refractivity contribution in [3.63, 3.8) is 0 Å². The van der Waals surface area contributed by atoms with Crippen LogP contribution in [0.4, 0.5) is 0 Å². The van der Waals surface area contributed by atoms with Crippen molar-refractivity contribution in [1.29, 1.82) is 0 Å². The standard InChI is InChI=1S/C29H29N3/c1-21(25-20-12-18-22-13-10-11-19-26(22)25)30-29-31(2)27(23-14-6-4-7-15-23)28(32(29)3)24-16-8-5-9-17-24/h4-21,27-28H,1-3H3/t21-,27-,28-/m0/s1. The molecule has 1 aliphatic rings. The molecule has 0 N–H and O–H groups in total. The van der Waals surface area contributed by atoms with Gasteiger partial charge in [0.05, 0.1) is 18.1 Å². The molecular formula is C29H29N3. The Morgan fingerprint density at radius 1 is 0.625 bits per heavy atom. The van der Waals surface area contributed by atoms with Gasteiger partial charge in [0.2, 0.25) is 0 Å². The van der Waals surface area contributed by atoms with Crippen molar-refractivity contribution in [1.82, 2.24) is 9.80 Å². The van der Waals surface area contributed by atoms with Gasteiger partial charge in [0.1, 0.15) is 0 Å². The summed E-state index contributed by atoms with van der Waals surface area (Å²) in [5, 5.41) is 2.53. The summed E-state index contributed by atoms with van der Waals surface area (Å²) < 4.78 is 0. The summed E-state index contributed by atoms with van der Waals surface area (Å²) in [6.45, 7) is 2.20. The van der Waals surface area contributed by atoms with Gasteiger partial charge in [0.25, 0.3) is 0 Å². The number of hydrogen-bond donors (Lipinski definition) is 0. The van der Waals surface area contributed by atoms with Gasteiger partial charge in [-0.25, -0.2) is 4.99 Å². The van der Waals surface area contributed by atoms with E-state index in [0.29, 0.717) is 0 Å². The van der Waals surface area contributed by atoms with Crippen molar-refractivity contribution in [3.05, 3.63) is 120 Å². The number of benzene rings is 4. The van der Waals surface area contributed by atoms with Crippen molar-refractivity contribution in [2.45, 2.75) is 25.0 Å². The molecule has 0 bridgehead atoms. The van der Waals surface area contributed by atoms with E-state index in [-0.39, 0.29) is 18.1 Å². The Bertz CT molecular complexity index is 1170. The van der Waals surface area contributed by atoms with E-state index in [1.54, 1.807) is 0 Å². The maximum atomic E-state index is 5.28. The summed E-state index contributed by atoms with van der Waals surface area (Å²) >= 11 is 0. The minimum atomic E-state index is 0.0481. The summed E-state index contributed by atoms with van der Waals surface area (Å²) in [7, 11) is 4.34. The summed E-state index contributed by atoms with van der Waals surface area (Å²) in [4.78, 5) is 9.96. The highest BCUT2D eigenvalue weighted by Crippen LogP contribution is 2.44. The summed E-state index contributed by atoms with van der Waals surface area (Å²) in [5.74, 6) is 1.02. The monoisotopic (exact) mass is 419 g/mol. The SMILES string of the molecule is C[C@H](N=C1N(C)[C@@H](c2ccccc2)[C@H](c2ccccc2)N1C)c1cccc2ccccc12. The molecule has 0 aliphatic carbocycles. The lowest BCUT2D eigenvalue weighted by atomic mass is 9.93. The van der Waals surface area contributed by atoms with E-state index in [0.717, 1.165) is 5.96 Å². The van der Waals surface area contributed by atoms with Gasteiger partial charge in [0.15, 0.2) is 5.96 Å². The molecule has 1 heterocycles. The number of hydrogen-bond acceptors (Lipinski definition) is 1. The van der Waals surface area contributed by atoms with Crippen LogP contribution in [0, 0.1) is 0 Å². The van der Waals surface area contributed by atoms with E-state index >= 15 is 0 Å². The van der Waals surface area contributed by atoms with Crippen molar-refractivity contribution in [2.24, 2.45) is 4.99 Å². The zero-order valence-corrected chi connectivity index (χ0v) is 18.9. The topological polar surface area (TPSA) is 18.8 Å². The number of likely N-dealkylation sites (N-methyl/N-ethyl adjacent to an activating group) is 2. The summed E-state index contributed by atoms with van der Waals surface area (Å²) in [5.41, 5.74) is 3.87. The fraction of sp³-hybridized carbons (Fsp3) is 0.207. The molecule has 0 spiro atoms. The van der Waals surface area contributed by atoms with Crippen molar-refractivity contribution < 1.29 is 0 Å². The Morgan fingerprint density at radius 2 is 1.12 bits per heavy atom. The second-order valence-corrected chi connectivity index (χ2v) is 8.61. The molecule has 0 amide bonds. The van der Waals surface area contributed by atoms with Crippen LogP contribution in [0.5, 0.6) is 0 Å². The molecule has 1 aliphatic heterocycles. The van der Waals surface area contributed by atoms with Gasteiger partial charge in [-0.15, -0.1) is 0 Å². The number of guanidine groups is 1. The van der Waals surface area contributed by atoms with E-state index in [9.17, 15) is 0 Å². The molecule has 5 rings (SSSR count). The van der Waals surface area contributed by atoms with Crippen LogP contribution in [0.15, 0.2) is 108 Å². The fourth-order valence-corrected chi connectivity index (χ4v) is 5.07. The number of nitrogens with zero attached hydrogens (tertiary/aromatic N) is 3. The third kappa shape index (κ3) is 3.54. The van der Waals surface area contributed by atoms with Crippen LogP contribution in [-0.2, 0) is 0 Å². The molecule has 0 saturated carbocycles. The van der Waals surface area contributed by atoms with Gasteiger partial charge in [-0.3, -0.25) is 0 Å². The molecule has 160 valence electrons. The van der Waals surface area contributed by atoms with Crippen LogP contribution in [0.2, 0.25) is 0 Å². The van der Waals surface area contributed by atoms with E-state index in [1.165, 1.54) is 27.5 Å². The molecule has 4 aromatic rings. The highest BCUT2D eigenvalue weighted by molar-refractivity contribution is 5.87. The maximum Gasteiger partial charge on any atom is 0.197 e. The lowest BCUT2D eigenvalue weighted by Gasteiger charge is -2.26. The quantitative estimate of drug-likeness (QED) is 0.370. The molecule has 4 aromatic carbocycles. The molecule has 3 atom stereocenters. The van der Waals surface area contributed by atoms with Crippen molar-refractivity contribution in [3.8, 4) is 0 Å². The first-order valence-corrected chi connectivity index (χ1v) is 11.3. The largest absolute Gasteiger partial charge is 0.336 e. The predicted molar refractivity (Wildman–Crippen MR) is 134 cm³/mol. The lowest BCUT2D eigenvalue weighted by Crippen LogP contribution is -2.30. The smallest absolute Gasteiger partial charge is 0.197 e. The molecular weight excluding hydrogens is 390 g/mol. The van der Waals surface area contributed by atoms with Gasteiger partial charge < -0.3 is 9.80 Å². The zero-order valence-electron chi connectivity index (χ0n) is 18.9. The van der Waals surface area contributed by atoms with Crippen molar-refractivity contribution in [2.75, 3.05) is 14.1 Å². The predicted octanol–water partition coefficient (Wildman–Crippen LogP) is 6.62. The molecule has 0 unspecified atom stereocenters. The fourth-order valence-electron chi connectivity index (χ4n) is 5.07. The normalized spacial score (nSPS) is 19.4. The molecule has 0 radical (unpaired) electrons. The molecule has 0 aromatic heterocycles. The molecule has 32 heavy (non-hydrogen) atoms. The van der Waals surface area contributed by atoms with Crippen LogP contribution in [0.3, 0.4) is 0 Å². The second-order valence-electron chi connectivity index (χ2n) is 8.61. The zero-order chi connectivity index (χ0) is 22.1. The second kappa shape index (κ2) is 8.51. The van der Waals surface area contributed by atoms with Gasteiger partial charge in [-0.1, -0.05) is 103 Å². The first kappa shape index (κ1) is 20.3. The first-order chi connectivity index (χ1) is 15.6. The van der Waals surface area contributed by atoms with E-state index in [1.807, 2.05) is 0 Å². The van der Waals surface area contributed by atoms with Gasteiger partial charge in [0, 0.05) is 14.1 Å². The van der Waals surface area contributed by atoms with Crippen molar-refractivity contribution >= 4 is 16.7 Å². The Kier molecular flexibility index (Phi) is 5.40. The molecule has 3 heteroatoms. The van der Waals surface area contributed by atoms with Crippen LogP contribution in [0.25, 0.3) is 10.8 Å². The van der Waals surface area contributed by atoms with E-state index in [4.69, 9.17) is 4.99 Å². The van der Waals surface area contributed by atoms with E-state index in [2.05, 4.69) is 134 Å². The van der Waals surface area contributed by atoms with Gasteiger partial charge >= 0.3 is 0 Å². The average Bonchev–Trinajstić information content (AvgIpc) is 3.09. The number of fused-ring (bicyclic) bond motifs is 1. The number of aliphatic imine (C=N–C) groups is 1. The highest BCUT2D eigenvalue weighted by atomic mass is 15.5. The average molecular weight is 420 g/mol. The Hall–Kier alpha value is -3.59. The Morgan fingerprint density at radius 3 is 1.72 bits per heavy atom. The van der Waals surface area contributed by atoms with E-state index < -0.39 is 0 Å². The first-order valence-electron chi connectivity index (χ1n) is 11.3. The molecule has 1 fully saturated rings. The lowest BCUT2D eigenvalue weighted by molar-refractivity contribution is 0.316. The summed E-state index contributed by atoms with van der Waals surface area (Å²) in [6.07, 6.45) is 0. The van der Waals surface area contributed by atoms with Gasteiger partial charge in [-0.2, -0.15) is 0 Å². The minimum absolute atomic E-state index is 0.0481. The Labute approximate surface area is 190 Å². The summed E-state index contributed by atoms with van der Waals surface area (Å²) in [6, 6.07) is 37.1. The molecule has 3 nitrogen and oxygen atoms in total.